The second kappa shape index (κ2) is 6.58. The highest BCUT2D eigenvalue weighted by Crippen LogP contribution is 2.20. The summed E-state index contributed by atoms with van der Waals surface area (Å²) in [6, 6.07) is 13.8. The normalized spacial score (nSPS) is 9.85. The Labute approximate surface area is 117 Å². The van der Waals surface area contributed by atoms with E-state index in [-0.39, 0.29) is 11.3 Å². The van der Waals surface area contributed by atoms with E-state index in [0.29, 0.717) is 13.0 Å². The van der Waals surface area contributed by atoms with Crippen molar-refractivity contribution >= 4 is 0 Å². The van der Waals surface area contributed by atoms with E-state index in [0.717, 1.165) is 11.3 Å². The highest BCUT2D eigenvalue weighted by Gasteiger charge is 2.08. The number of benzene rings is 2. The summed E-state index contributed by atoms with van der Waals surface area (Å²) in [5.74, 6) is 0.516. The average molecular weight is 271 g/mol. The molecule has 0 spiro atoms. The number of halogens is 1. The lowest BCUT2D eigenvalue weighted by Gasteiger charge is -2.08. The molecule has 102 valence electrons. The van der Waals surface area contributed by atoms with E-state index in [9.17, 15) is 4.39 Å². The molecular weight excluding hydrogens is 257 g/mol. The van der Waals surface area contributed by atoms with Gasteiger partial charge in [0.05, 0.1) is 13.7 Å². The Balaban J connectivity index is 1.96. The minimum absolute atomic E-state index is 0.0535. The quantitative estimate of drug-likeness (QED) is 0.837. The van der Waals surface area contributed by atoms with Crippen LogP contribution in [0.3, 0.4) is 0 Å². The third kappa shape index (κ3) is 3.27. The SMILES string of the molecule is COc1ccc(CCOc2cccc(F)c2C#N)cc1. The number of hydrogen-bond acceptors (Lipinski definition) is 3. The van der Waals surface area contributed by atoms with Crippen molar-refractivity contribution in [2.45, 2.75) is 6.42 Å². The molecule has 0 atom stereocenters. The van der Waals surface area contributed by atoms with Crippen LogP contribution in [0.1, 0.15) is 11.1 Å². The van der Waals surface area contributed by atoms with Gasteiger partial charge in [0.25, 0.3) is 0 Å². The molecule has 0 radical (unpaired) electrons. The van der Waals surface area contributed by atoms with Gasteiger partial charge in [-0.05, 0) is 29.8 Å². The lowest BCUT2D eigenvalue weighted by Crippen LogP contribution is -2.03. The second-order valence-corrected chi connectivity index (χ2v) is 4.17. The van der Waals surface area contributed by atoms with Gasteiger partial charge in [-0.2, -0.15) is 5.26 Å². The molecule has 0 aromatic heterocycles. The molecule has 2 aromatic carbocycles. The zero-order valence-corrected chi connectivity index (χ0v) is 11.1. The largest absolute Gasteiger partial charge is 0.497 e. The zero-order chi connectivity index (χ0) is 14.4. The topological polar surface area (TPSA) is 42.2 Å². The summed E-state index contributed by atoms with van der Waals surface area (Å²) in [5.41, 5.74) is 1.03. The Morgan fingerprint density at radius 1 is 1.15 bits per heavy atom. The van der Waals surface area contributed by atoms with Crippen LogP contribution in [-0.4, -0.2) is 13.7 Å². The first-order chi connectivity index (χ1) is 9.74. The molecular formula is C16H14FNO2. The number of ether oxygens (including phenoxy) is 2. The van der Waals surface area contributed by atoms with Crippen molar-refractivity contribution in [1.82, 2.24) is 0 Å². The van der Waals surface area contributed by atoms with E-state index in [1.54, 1.807) is 13.2 Å². The Morgan fingerprint density at radius 2 is 1.90 bits per heavy atom. The fourth-order valence-corrected chi connectivity index (χ4v) is 1.80. The van der Waals surface area contributed by atoms with Crippen LogP contribution in [0.25, 0.3) is 0 Å². The molecule has 0 aliphatic rings. The summed E-state index contributed by atoms with van der Waals surface area (Å²) in [6.07, 6.45) is 0.672. The van der Waals surface area contributed by atoms with Crippen LogP contribution in [0.2, 0.25) is 0 Å². The summed E-state index contributed by atoms with van der Waals surface area (Å²) in [6.45, 7) is 0.379. The first-order valence-electron chi connectivity index (χ1n) is 6.19. The molecule has 0 unspecified atom stereocenters. The Hall–Kier alpha value is -2.54. The second-order valence-electron chi connectivity index (χ2n) is 4.17. The van der Waals surface area contributed by atoms with E-state index in [2.05, 4.69) is 0 Å². The van der Waals surface area contributed by atoms with Gasteiger partial charge in [0.15, 0.2) is 0 Å². The van der Waals surface area contributed by atoms with Gasteiger partial charge in [-0.3, -0.25) is 0 Å². The standard InChI is InChI=1S/C16H14FNO2/c1-19-13-7-5-12(6-8-13)9-10-20-16-4-2-3-15(17)14(16)11-18/h2-8H,9-10H2,1H3. The third-order valence-electron chi connectivity index (χ3n) is 2.89. The minimum atomic E-state index is -0.561. The smallest absolute Gasteiger partial charge is 0.144 e. The molecule has 0 saturated heterocycles. The maximum atomic E-state index is 13.4. The molecule has 3 nitrogen and oxygen atoms in total. The number of nitrogens with zero attached hydrogens (tertiary/aromatic N) is 1. The predicted molar refractivity (Wildman–Crippen MR) is 73.3 cm³/mol. The van der Waals surface area contributed by atoms with E-state index >= 15 is 0 Å². The molecule has 0 amide bonds. The maximum Gasteiger partial charge on any atom is 0.144 e. The van der Waals surface area contributed by atoms with Crippen molar-refractivity contribution in [2.75, 3.05) is 13.7 Å². The number of rotatable bonds is 5. The molecule has 20 heavy (non-hydrogen) atoms. The highest BCUT2D eigenvalue weighted by atomic mass is 19.1. The van der Waals surface area contributed by atoms with Crippen molar-refractivity contribution in [2.24, 2.45) is 0 Å². The Bertz CT molecular complexity index is 617. The zero-order valence-electron chi connectivity index (χ0n) is 11.1. The van der Waals surface area contributed by atoms with Crippen LogP contribution < -0.4 is 9.47 Å². The maximum absolute atomic E-state index is 13.4. The summed E-state index contributed by atoms with van der Waals surface area (Å²) in [5, 5.41) is 8.89. The summed E-state index contributed by atoms with van der Waals surface area (Å²) in [7, 11) is 1.62. The van der Waals surface area contributed by atoms with Gasteiger partial charge in [0, 0.05) is 6.42 Å². The Morgan fingerprint density at radius 3 is 2.55 bits per heavy atom. The van der Waals surface area contributed by atoms with Crippen molar-refractivity contribution in [3.05, 3.63) is 59.4 Å². The van der Waals surface area contributed by atoms with Gasteiger partial charge < -0.3 is 9.47 Å². The minimum Gasteiger partial charge on any atom is -0.497 e. The molecule has 0 N–H and O–H groups in total. The molecule has 0 saturated carbocycles. The van der Waals surface area contributed by atoms with Crippen LogP contribution in [0.5, 0.6) is 11.5 Å². The number of hydrogen-bond donors (Lipinski definition) is 0. The van der Waals surface area contributed by atoms with Crippen LogP contribution in [0.15, 0.2) is 42.5 Å². The molecule has 2 aromatic rings. The molecule has 0 bridgehead atoms. The third-order valence-corrected chi connectivity index (χ3v) is 2.89. The number of nitriles is 1. The fourth-order valence-electron chi connectivity index (χ4n) is 1.80. The van der Waals surface area contributed by atoms with E-state index in [4.69, 9.17) is 14.7 Å². The molecule has 4 heteroatoms. The lowest BCUT2D eigenvalue weighted by atomic mass is 10.1. The van der Waals surface area contributed by atoms with Gasteiger partial charge in [0.2, 0.25) is 0 Å². The van der Waals surface area contributed by atoms with Crippen molar-refractivity contribution in [3.63, 3.8) is 0 Å². The van der Waals surface area contributed by atoms with Gasteiger partial charge in [0.1, 0.15) is 28.9 Å². The summed E-state index contributed by atoms with van der Waals surface area (Å²) >= 11 is 0. The summed E-state index contributed by atoms with van der Waals surface area (Å²) < 4.78 is 23.9. The first-order valence-corrected chi connectivity index (χ1v) is 6.19. The van der Waals surface area contributed by atoms with Crippen LogP contribution in [0.4, 0.5) is 4.39 Å². The van der Waals surface area contributed by atoms with E-state index < -0.39 is 5.82 Å². The van der Waals surface area contributed by atoms with Crippen LogP contribution in [0, 0.1) is 17.1 Å². The molecule has 2 rings (SSSR count). The average Bonchev–Trinajstić information content (AvgIpc) is 2.48. The predicted octanol–water partition coefficient (Wildman–Crippen LogP) is 3.33. The molecule has 0 aliphatic carbocycles. The van der Waals surface area contributed by atoms with Crippen LogP contribution in [-0.2, 0) is 6.42 Å². The Kier molecular flexibility index (Phi) is 4.56. The van der Waals surface area contributed by atoms with Gasteiger partial charge in [-0.25, -0.2) is 4.39 Å². The van der Waals surface area contributed by atoms with Crippen LogP contribution >= 0.6 is 0 Å². The van der Waals surface area contributed by atoms with Gasteiger partial charge in [-0.15, -0.1) is 0 Å². The monoisotopic (exact) mass is 271 g/mol. The van der Waals surface area contributed by atoms with Crippen molar-refractivity contribution < 1.29 is 13.9 Å². The van der Waals surface area contributed by atoms with Gasteiger partial charge >= 0.3 is 0 Å². The molecule has 0 aliphatic heterocycles. The van der Waals surface area contributed by atoms with Crippen molar-refractivity contribution in [1.29, 1.82) is 5.26 Å². The molecule has 0 fully saturated rings. The first kappa shape index (κ1) is 13.9. The van der Waals surface area contributed by atoms with Crippen molar-refractivity contribution in [3.8, 4) is 17.6 Å². The summed E-state index contributed by atoms with van der Waals surface area (Å²) in [4.78, 5) is 0. The van der Waals surface area contributed by atoms with E-state index in [1.165, 1.54) is 12.1 Å². The van der Waals surface area contributed by atoms with E-state index in [1.807, 2.05) is 30.3 Å². The number of methoxy groups -OCH3 is 1. The fraction of sp³-hybridized carbons (Fsp3) is 0.188. The molecule has 0 heterocycles. The van der Waals surface area contributed by atoms with Gasteiger partial charge in [-0.1, -0.05) is 18.2 Å². The lowest BCUT2D eigenvalue weighted by molar-refractivity contribution is 0.319. The highest BCUT2D eigenvalue weighted by molar-refractivity contribution is 5.43.